The number of methoxy groups -OCH3 is 1. The van der Waals surface area contributed by atoms with E-state index in [9.17, 15) is 4.79 Å². The van der Waals surface area contributed by atoms with Crippen LogP contribution in [0.5, 0.6) is 5.88 Å². The minimum absolute atomic E-state index is 0.0505. The quantitative estimate of drug-likeness (QED) is 0.886. The number of aromatic nitrogens is 2. The molecule has 0 aliphatic carbocycles. The highest BCUT2D eigenvalue weighted by Crippen LogP contribution is 2.21. The number of hydrogen-bond acceptors (Lipinski definition) is 5. The van der Waals surface area contributed by atoms with Gasteiger partial charge in [-0.1, -0.05) is 0 Å². The number of carbonyl (C=O) groups is 1. The summed E-state index contributed by atoms with van der Waals surface area (Å²) in [5.74, 6) is 0.732. The van der Waals surface area contributed by atoms with Crippen LogP contribution in [0.2, 0.25) is 0 Å². The summed E-state index contributed by atoms with van der Waals surface area (Å²) in [7, 11) is 4.89. The predicted octanol–water partition coefficient (Wildman–Crippen LogP) is 0.748. The molecule has 0 spiro atoms. The number of carbonyl (C=O) groups excluding carboxylic acids is 1. The number of rotatable bonds is 4. The molecule has 1 rings (SSSR count). The van der Waals surface area contributed by atoms with Crippen molar-refractivity contribution in [2.24, 2.45) is 0 Å². The summed E-state index contributed by atoms with van der Waals surface area (Å²) < 4.78 is 5.67. The second-order valence-corrected chi connectivity index (χ2v) is 4.05. The van der Waals surface area contributed by atoms with E-state index in [0.29, 0.717) is 16.3 Å². The lowest BCUT2D eigenvalue weighted by Gasteiger charge is -2.11. The van der Waals surface area contributed by atoms with Crippen molar-refractivity contribution in [1.29, 1.82) is 0 Å². The number of nitrogens with one attached hydrogen (secondary N) is 1. The summed E-state index contributed by atoms with van der Waals surface area (Å²) in [4.78, 5) is 20.9. The predicted molar refractivity (Wildman–Crippen MR) is 63.5 cm³/mol. The van der Waals surface area contributed by atoms with Gasteiger partial charge in [0.05, 0.1) is 24.3 Å². The number of halogens is 1. The van der Waals surface area contributed by atoms with Crippen LogP contribution in [-0.4, -0.2) is 48.5 Å². The first-order valence-corrected chi connectivity index (χ1v) is 5.34. The third-order valence-corrected chi connectivity index (χ3v) is 2.35. The molecule has 1 heterocycles. The van der Waals surface area contributed by atoms with Crippen molar-refractivity contribution in [2.75, 3.05) is 33.1 Å². The van der Waals surface area contributed by atoms with Gasteiger partial charge in [0, 0.05) is 14.1 Å². The summed E-state index contributed by atoms with van der Waals surface area (Å²) in [5.41, 5.74) is 0. The van der Waals surface area contributed by atoms with Gasteiger partial charge in [-0.25, -0.2) is 4.98 Å². The highest BCUT2D eigenvalue weighted by atomic mass is 79.9. The SMILES string of the molecule is COc1nc(NCC(=O)N(C)C)ncc1Br. The van der Waals surface area contributed by atoms with Crippen LogP contribution in [0.25, 0.3) is 0 Å². The standard InChI is InChI=1S/C9H13BrN4O2/c1-14(2)7(15)5-12-9-11-4-6(10)8(13-9)16-3/h4H,5H2,1-3H3,(H,11,12,13). The first-order valence-electron chi connectivity index (χ1n) is 4.55. The molecular formula is C9H13BrN4O2. The van der Waals surface area contributed by atoms with Crippen molar-refractivity contribution in [2.45, 2.75) is 0 Å². The van der Waals surface area contributed by atoms with E-state index in [4.69, 9.17) is 4.74 Å². The topological polar surface area (TPSA) is 67.3 Å². The van der Waals surface area contributed by atoms with Crippen LogP contribution >= 0.6 is 15.9 Å². The van der Waals surface area contributed by atoms with Crippen molar-refractivity contribution in [1.82, 2.24) is 14.9 Å². The number of ether oxygens (including phenoxy) is 1. The molecule has 0 saturated carbocycles. The van der Waals surface area contributed by atoms with Gasteiger partial charge in [0.25, 0.3) is 0 Å². The van der Waals surface area contributed by atoms with Crippen LogP contribution in [0.4, 0.5) is 5.95 Å². The van der Waals surface area contributed by atoms with Crippen LogP contribution in [0.1, 0.15) is 0 Å². The van der Waals surface area contributed by atoms with Gasteiger partial charge in [-0.05, 0) is 15.9 Å². The minimum Gasteiger partial charge on any atom is -0.480 e. The van der Waals surface area contributed by atoms with Gasteiger partial charge < -0.3 is 15.0 Å². The Morgan fingerprint density at radius 2 is 2.31 bits per heavy atom. The van der Waals surface area contributed by atoms with Gasteiger partial charge in [0.2, 0.25) is 17.7 Å². The molecule has 1 aromatic rings. The lowest BCUT2D eigenvalue weighted by Crippen LogP contribution is -2.29. The van der Waals surface area contributed by atoms with Crippen LogP contribution in [-0.2, 0) is 4.79 Å². The molecule has 6 nitrogen and oxygen atoms in total. The molecule has 1 N–H and O–H groups in total. The Morgan fingerprint density at radius 1 is 1.62 bits per heavy atom. The highest BCUT2D eigenvalue weighted by Gasteiger charge is 2.07. The van der Waals surface area contributed by atoms with E-state index in [1.54, 1.807) is 20.3 Å². The van der Waals surface area contributed by atoms with E-state index < -0.39 is 0 Å². The number of likely N-dealkylation sites (N-methyl/N-ethyl adjacent to an activating group) is 1. The Bertz CT molecular complexity index is 384. The van der Waals surface area contributed by atoms with E-state index in [2.05, 4.69) is 31.2 Å². The lowest BCUT2D eigenvalue weighted by molar-refractivity contribution is -0.126. The van der Waals surface area contributed by atoms with Gasteiger partial charge in [-0.15, -0.1) is 0 Å². The van der Waals surface area contributed by atoms with Crippen LogP contribution < -0.4 is 10.1 Å². The first-order chi connectivity index (χ1) is 7.54. The zero-order chi connectivity index (χ0) is 12.1. The Kier molecular flexibility index (Phi) is 4.48. The average molecular weight is 289 g/mol. The highest BCUT2D eigenvalue weighted by molar-refractivity contribution is 9.10. The van der Waals surface area contributed by atoms with E-state index in [-0.39, 0.29) is 12.5 Å². The third-order valence-electron chi connectivity index (χ3n) is 1.80. The molecule has 0 aliphatic rings. The molecule has 0 atom stereocenters. The molecule has 88 valence electrons. The van der Waals surface area contributed by atoms with Crippen molar-refractivity contribution in [3.05, 3.63) is 10.7 Å². The zero-order valence-electron chi connectivity index (χ0n) is 9.32. The Labute approximate surface area is 102 Å². The van der Waals surface area contributed by atoms with Gasteiger partial charge in [0.15, 0.2) is 0 Å². The van der Waals surface area contributed by atoms with E-state index in [0.717, 1.165) is 0 Å². The maximum atomic E-state index is 11.3. The fourth-order valence-corrected chi connectivity index (χ4v) is 1.25. The summed E-state index contributed by atoms with van der Waals surface area (Å²) in [6.07, 6.45) is 1.56. The van der Waals surface area contributed by atoms with Gasteiger partial charge >= 0.3 is 0 Å². The molecule has 0 bridgehead atoms. The molecule has 0 saturated heterocycles. The van der Waals surface area contributed by atoms with Crippen molar-refractivity contribution >= 4 is 27.8 Å². The van der Waals surface area contributed by atoms with E-state index in [1.165, 1.54) is 12.0 Å². The Hall–Kier alpha value is -1.37. The fourth-order valence-electron chi connectivity index (χ4n) is 0.893. The van der Waals surface area contributed by atoms with Crippen LogP contribution in [0.15, 0.2) is 10.7 Å². The number of amides is 1. The largest absolute Gasteiger partial charge is 0.480 e. The lowest BCUT2D eigenvalue weighted by atomic mass is 10.5. The number of hydrogen-bond donors (Lipinski definition) is 1. The summed E-state index contributed by atoms with van der Waals surface area (Å²) in [6.45, 7) is 0.151. The van der Waals surface area contributed by atoms with Crippen molar-refractivity contribution < 1.29 is 9.53 Å². The smallest absolute Gasteiger partial charge is 0.241 e. The zero-order valence-corrected chi connectivity index (χ0v) is 10.9. The Morgan fingerprint density at radius 3 is 2.88 bits per heavy atom. The second kappa shape index (κ2) is 5.64. The minimum atomic E-state index is -0.0505. The monoisotopic (exact) mass is 288 g/mol. The molecule has 0 aromatic carbocycles. The summed E-state index contributed by atoms with van der Waals surface area (Å²) in [5, 5.41) is 2.81. The Balaban J connectivity index is 2.64. The number of anilines is 1. The molecule has 16 heavy (non-hydrogen) atoms. The average Bonchev–Trinajstić information content (AvgIpc) is 2.27. The summed E-state index contributed by atoms with van der Waals surface area (Å²) in [6, 6.07) is 0. The van der Waals surface area contributed by atoms with Crippen LogP contribution in [0.3, 0.4) is 0 Å². The molecule has 0 radical (unpaired) electrons. The molecule has 7 heteroatoms. The molecule has 1 aromatic heterocycles. The summed E-state index contributed by atoms with van der Waals surface area (Å²) >= 11 is 3.24. The van der Waals surface area contributed by atoms with E-state index in [1.807, 2.05) is 0 Å². The number of nitrogens with zero attached hydrogens (tertiary/aromatic N) is 3. The van der Waals surface area contributed by atoms with Gasteiger partial charge in [-0.3, -0.25) is 4.79 Å². The maximum Gasteiger partial charge on any atom is 0.241 e. The normalized spacial score (nSPS) is 9.75. The molecule has 0 fully saturated rings. The van der Waals surface area contributed by atoms with Crippen molar-refractivity contribution in [3.8, 4) is 5.88 Å². The van der Waals surface area contributed by atoms with Crippen molar-refractivity contribution in [3.63, 3.8) is 0 Å². The first kappa shape index (κ1) is 12.7. The molecular weight excluding hydrogens is 276 g/mol. The molecule has 1 amide bonds. The molecule has 0 aliphatic heterocycles. The molecule has 0 unspecified atom stereocenters. The maximum absolute atomic E-state index is 11.3. The van der Waals surface area contributed by atoms with E-state index >= 15 is 0 Å². The van der Waals surface area contributed by atoms with Gasteiger partial charge in [0.1, 0.15) is 0 Å². The fraction of sp³-hybridized carbons (Fsp3) is 0.444. The van der Waals surface area contributed by atoms with Crippen LogP contribution in [0, 0.1) is 0 Å². The second-order valence-electron chi connectivity index (χ2n) is 3.19. The van der Waals surface area contributed by atoms with Gasteiger partial charge in [-0.2, -0.15) is 4.98 Å². The third kappa shape index (κ3) is 3.34.